The lowest BCUT2D eigenvalue weighted by Crippen LogP contribution is -2.11. The van der Waals surface area contributed by atoms with Gasteiger partial charge >= 0.3 is 0 Å². The first-order valence-corrected chi connectivity index (χ1v) is 7.49. The number of benzene rings is 1. The van der Waals surface area contributed by atoms with Gasteiger partial charge in [0, 0.05) is 12.3 Å². The summed E-state index contributed by atoms with van der Waals surface area (Å²) in [5, 5.41) is 0. The van der Waals surface area contributed by atoms with Crippen LogP contribution in [0.1, 0.15) is 24.6 Å². The predicted octanol–water partition coefficient (Wildman–Crippen LogP) is 2.24. The van der Waals surface area contributed by atoms with E-state index < -0.39 is 0 Å². The highest BCUT2D eigenvalue weighted by Gasteiger charge is 2.03. The molecule has 2 rings (SSSR count). The van der Waals surface area contributed by atoms with E-state index in [0.29, 0.717) is 31.2 Å². The molecule has 2 aromatic rings. The van der Waals surface area contributed by atoms with Gasteiger partial charge in [-0.1, -0.05) is 19.1 Å². The Morgan fingerprint density at radius 1 is 1.18 bits per heavy atom. The third kappa shape index (κ3) is 4.63. The average molecular weight is 302 g/mol. The van der Waals surface area contributed by atoms with Crippen LogP contribution >= 0.6 is 0 Å². The highest BCUT2D eigenvalue weighted by molar-refractivity contribution is 5.28. The molecule has 5 nitrogen and oxygen atoms in total. The van der Waals surface area contributed by atoms with Crippen LogP contribution in [-0.4, -0.2) is 18.1 Å². The summed E-state index contributed by atoms with van der Waals surface area (Å²) in [6.07, 6.45) is 3.30. The molecule has 22 heavy (non-hydrogen) atoms. The summed E-state index contributed by atoms with van der Waals surface area (Å²) >= 11 is 0. The molecule has 0 saturated heterocycles. The van der Waals surface area contributed by atoms with E-state index in [2.05, 4.69) is 4.98 Å². The number of hydrogen-bond acceptors (Lipinski definition) is 4. The molecule has 3 N–H and O–H groups in total. The molecule has 0 fully saturated rings. The minimum atomic E-state index is -0.135. The van der Waals surface area contributed by atoms with Gasteiger partial charge in [0.2, 0.25) is 5.43 Å². The van der Waals surface area contributed by atoms with Crippen molar-refractivity contribution in [3.05, 3.63) is 58.0 Å². The number of aromatic nitrogens is 1. The molecule has 0 bridgehead atoms. The number of aromatic amines is 1. The number of H-pyrrole nitrogens is 1. The van der Waals surface area contributed by atoms with Crippen molar-refractivity contribution < 1.29 is 9.47 Å². The van der Waals surface area contributed by atoms with Crippen LogP contribution < -0.4 is 20.6 Å². The molecule has 0 unspecified atom stereocenters. The Hall–Kier alpha value is -2.27. The van der Waals surface area contributed by atoms with Gasteiger partial charge in [0.25, 0.3) is 0 Å². The Bertz CT molecular complexity index is 635. The Kier molecular flexibility index (Phi) is 6.03. The van der Waals surface area contributed by atoms with Gasteiger partial charge in [-0.3, -0.25) is 4.79 Å². The first kappa shape index (κ1) is 16.1. The summed E-state index contributed by atoms with van der Waals surface area (Å²) in [5.41, 5.74) is 7.27. The van der Waals surface area contributed by atoms with Gasteiger partial charge in [-0.25, -0.2) is 0 Å². The van der Waals surface area contributed by atoms with Crippen molar-refractivity contribution in [2.45, 2.75) is 26.4 Å². The smallest absolute Gasteiger partial charge is 0.223 e. The summed E-state index contributed by atoms with van der Waals surface area (Å²) in [5.74, 6) is 1.10. The molecule has 0 aliphatic heterocycles. The zero-order valence-corrected chi connectivity index (χ0v) is 12.8. The number of ether oxygens (including phenoxy) is 2. The van der Waals surface area contributed by atoms with Crippen LogP contribution in [0.3, 0.4) is 0 Å². The quantitative estimate of drug-likeness (QED) is 0.784. The van der Waals surface area contributed by atoms with E-state index in [4.69, 9.17) is 15.2 Å². The van der Waals surface area contributed by atoms with Gasteiger partial charge in [-0.05, 0) is 37.1 Å². The second-order valence-electron chi connectivity index (χ2n) is 5.01. The average Bonchev–Trinajstić information content (AvgIpc) is 2.54. The van der Waals surface area contributed by atoms with Crippen LogP contribution in [0.4, 0.5) is 0 Å². The van der Waals surface area contributed by atoms with Gasteiger partial charge in [0.05, 0.1) is 12.3 Å². The highest BCUT2D eigenvalue weighted by atomic mass is 16.5. The van der Waals surface area contributed by atoms with Crippen LogP contribution in [0.2, 0.25) is 0 Å². The zero-order valence-electron chi connectivity index (χ0n) is 12.8. The third-order valence-corrected chi connectivity index (χ3v) is 3.15. The van der Waals surface area contributed by atoms with Gasteiger partial charge in [0.1, 0.15) is 12.4 Å². The van der Waals surface area contributed by atoms with Crippen molar-refractivity contribution in [1.82, 2.24) is 4.98 Å². The standard InChI is InChI=1S/C17H22N2O3/c1-2-9-21-17-11-19-14(10-16(17)20)12-22-15-5-3-13(4-6-15)7-8-18/h3-6,10-11H,2,7-9,12,18H2,1H3,(H,19,20). The molecule has 1 heterocycles. The van der Waals surface area contributed by atoms with Crippen molar-refractivity contribution in [1.29, 1.82) is 0 Å². The molecular formula is C17H22N2O3. The fourth-order valence-corrected chi connectivity index (χ4v) is 1.99. The fraction of sp³-hybridized carbons (Fsp3) is 0.353. The summed E-state index contributed by atoms with van der Waals surface area (Å²) < 4.78 is 11.0. The predicted molar refractivity (Wildman–Crippen MR) is 86.4 cm³/mol. The zero-order chi connectivity index (χ0) is 15.8. The van der Waals surface area contributed by atoms with E-state index >= 15 is 0 Å². The van der Waals surface area contributed by atoms with Gasteiger partial charge in [0.15, 0.2) is 5.75 Å². The fourth-order valence-electron chi connectivity index (χ4n) is 1.99. The molecule has 118 valence electrons. The Morgan fingerprint density at radius 2 is 1.95 bits per heavy atom. The van der Waals surface area contributed by atoms with E-state index in [1.54, 1.807) is 6.20 Å². The van der Waals surface area contributed by atoms with Crippen LogP contribution in [-0.2, 0) is 13.0 Å². The second kappa shape index (κ2) is 8.24. The van der Waals surface area contributed by atoms with Crippen LogP contribution in [0.5, 0.6) is 11.5 Å². The van der Waals surface area contributed by atoms with Gasteiger partial charge in [-0.15, -0.1) is 0 Å². The summed E-state index contributed by atoms with van der Waals surface area (Å²) in [4.78, 5) is 14.9. The van der Waals surface area contributed by atoms with Gasteiger partial charge < -0.3 is 20.2 Å². The number of rotatable bonds is 8. The number of hydrogen-bond donors (Lipinski definition) is 2. The molecule has 0 aliphatic rings. The monoisotopic (exact) mass is 302 g/mol. The van der Waals surface area contributed by atoms with E-state index in [0.717, 1.165) is 18.6 Å². The Balaban J connectivity index is 1.93. The summed E-state index contributed by atoms with van der Waals surface area (Å²) in [7, 11) is 0. The van der Waals surface area contributed by atoms with Crippen molar-refractivity contribution in [3.8, 4) is 11.5 Å². The Morgan fingerprint density at radius 3 is 2.59 bits per heavy atom. The minimum absolute atomic E-state index is 0.135. The largest absolute Gasteiger partial charge is 0.488 e. The van der Waals surface area contributed by atoms with E-state index in [1.807, 2.05) is 31.2 Å². The van der Waals surface area contributed by atoms with Crippen LogP contribution in [0, 0.1) is 0 Å². The van der Waals surface area contributed by atoms with Crippen molar-refractivity contribution in [2.75, 3.05) is 13.2 Å². The maximum absolute atomic E-state index is 11.9. The first-order valence-electron chi connectivity index (χ1n) is 7.49. The van der Waals surface area contributed by atoms with Crippen LogP contribution in [0.15, 0.2) is 41.3 Å². The molecule has 0 spiro atoms. The first-order chi connectivity index (χ1) is 10.7. The molecule has 0 atom stereocenters. The molecule has 5 heteroatoms. The lowest BCUT2D eigenvalue weighted by Gasteiger charge is -2.08. The van der Waals surface area contributed by atoms with Crippen LogP contribution in [0.25, 0.3) is 0 Å². The molecular weight excluding hydrogens is 280 g/mol. The SMILES string of the molecule is CCCOc1c[nH]c(COc2ccc(CCN)cc2)cc1=O. The molecule has 0 amide bonds. The molecule has 0 aliphatic carbocycles. The molecule has 1 aromatic heterocycles. The lowest BCUT2D eigenvalue weighted by molar-refractivity contribution is 0.297. The number of nitrogens with one attached hydrogen (secondary N) is 1. The summed E-state index contributed by atoms with van der Waals surface area (Å²) in [6, 6.07) is 9.30. The highest BCUT2D eigenvalue weighted by Crippen LogP contribution is 2.14. The maximum Gasteiger partial charge on any atom is 0.223 e. The topological polar surface area (TPSA) is 77.3 Å². The van der Waals surface area contributed by atoms with E-state index in [-0.39, 0.29) is 5.43 Å². The van der Waals surface area contributed by atoms with Crippen molar-refractivity contribution >= 4 is 0 Å². The molecule has 1 aromatic carbocycles. The molecule has 0 radical (unpaired) electrons. The molecule has 0 saturated carbocycles. The third-order valence-electron chi connectivity index (χ3n) is 3.15. The second-order valence-corrected chi connectivity index (χ2v) is 5.01. The van der Waals surface area contributed by atoms with Crippen molar-refractivity contribution in [2.24, 2.45) is 5.73 Å². The number of nitrogens with two attached hydrogens (primary N) is 1. The van der Waals surface area contributed by atoms with E-state index in [1.165, 1.54) is 11.6 Å². The van der Waals surface area contributed by atoms with Crippen molar-refractivity contribution in [3.63, 3.8) is 0 Å². The van der Waals surface area contributed by atoms with E-state index in [9.17, 15) is 4.79 Å². The Labute approximate surface area is 130 Å². The summed E-state index contributed by atoms with van der Waals surface area (Å²) in [6.45, 7) is 3.47. The number of pyridine rings is 1. The minimum Gasteiger partial charge on any atom is -0.488 e. The van der Waals surface area contributed by atoms with Gasteiger partial charge in [-0.2, -0.15) is 0 Å². The maximum atomic E-state index is 11.9. The normalized spacial score (nSPS) is 10.5. The lowest BCUT2D eigenvalue weighted by atomic mass is 10.1.